The molecule has 2 rings (SSSR count). The van der Waals surface area contributed by atoms with Crippen molar-refractivity contribution in [2.45, 2.75) is 72.9 Å². The number of amides is 1. The Morgan fingerprint density at radius 3 is 2.28 bits per heavy atom. The van der Waals surface area contributed by atoms with E-state index in [1.54, 1.807) is 0 Å². The standard InChI is InChI=1S/C22H36N2O/c1-17-9-7-8-10-19(17)15-24-13-11-18(12-14-24)20(25)23-22(5,6)16-21(2,3)4/h7-10,18H,11-16H2,1-6H3,(H,23,25). The maximum Gasteiger partial charge on any atom is 0.223 e. The Balaban J connectivity index is 1.83. The molecule has 1 fully saturated rings. The van der Waals surface area contributed by atoms with Crippen molar-refractivity contribution < 1.29 is 4.79 Å². The molecule has 1 aromatic carbocycles. The van der Waals surface area contributed by atoms with Crippen molar-refractivity contribution in [3.63, 3.8) is 0 Å². The smallest absolute Gasteiger partial charge is 0.223 e. The molecule has 1 aromatic rings. The third-order valence-corrected chi connectivity index (χ3v) is 5.05. The van der Waals surface area contributed by atoms with Gasteiger partial charge in [0.1, 0.15) is 0 Å². The van der Waals surface area contributed by atoms with Crippen LogP contribution in [0.25, 0.3) is 0 Å². The molecule has 0 bridgehead atoms. The summed E-state index contributed by atoms with van der Waals surface area (Å²) in [4.78, 5) is 15.2. The van der Waals surface area contributed by atoms with E-state index in [0.717, 1.165) is 38.9 Å². The highest BCUT2D eigenvalue weighted by molar-refractivity contribution is 5.79. The summed E-state index contributed by atoms with van der Waals surface area (Å²) in [5, 5.41) is 3.30. The lowest BCUT2D eigenvalue weighted by Crippen LogP contribution is -2.49. The van der Waals surface area contributed by atoms with Crippen molar-refractivity contribution in [2.75, 3.05) is 13.1 Å². The van der Waals surface area contributed by atoms with Crippen LogP contribution in [0.4, 0.5) is 0 Å². The van der Waals surface area contributed by atoms with Gasteiger partial charge in [-0.15, -0.1) is 0 Å². The highest BCUT2D eigenvalue weighted by Gasteiger charge is 2.31. The molecular formula is C22H36N2O. The minimum atomic E-state index is -0.145. The molecule has 0 unspecified atom stereocenters. The van der Waals surface area contributed by atoms with Crippen LogP contribution in [0.5, 0.6) is 0 Å². The topological polar surface area (TPSA) is 32.3 Å². The van der Waals surface area contributed by atoms with Crippen LogP contribution in [0.3, 0.4) is 0 Å². The summed E-state index contributed by atoms with van der Waals surface area (Å²) in [6.07, 6.45) is 2.91. The molecule has 1 N–H and O–H groups in total. The highest BCUT2D eigenvalue weighted by Crippen LogP contribution is 2.28. The molecule has 0 radical (unpaired) electrons. The maximum atomic E-state index is 12.7. The molecule has 0 saturated carbocycles. The molecular weight excluding hydrogens is 308 g/mol. The zero-order chi connectivity index (χ0) is 18.7. The Hall–Kier alpha value is -1.35. The summed E-state index contributed by atoms with van der Waals surface area (Å²) >= 11 is 0. The van der Waals surface area contributed by atoms with Crippen LogP contribution >= 0.6 is 0 Å². The third kappa shape index (κ3) is 6.47. The Labute approximate surface area is 154 Å². The second-order valence-electron chi connectivity index (χ2n) is 9.59. The van der Waals surface area contributed by atoms with Gasteiger partial charge in [0.25, 0.3) is 0 Å². The van der Waals surface area contributed by atoms with Gasteiger partial charge in [-0.25, -0.2) is 0 Å². The number of rotatable bonds is 5. The van der Waals surface area contributed by atoms with Crippen molar-refractivity contribution >= 4 is 5.91 Å². The molecule has 0 aliphatic carbocycles. The van der Waals surface area contributed by atoms with Crippen LogP contribution in [-0.4, -0.2) is 29.4 Å². The monoisotopic (exact) mass is 344 g/mol. The molecule has 140 valence electrons. The van der Waals surface area contributed by atoms with E-state index >= 15 is 0 Å². The fourth-order valence-corrected chi connectivity index (χ4v) is 4.19. The number of likely N-dealkylation sites (tertiary alicyclic amines) is 1. The second-order valence-corrected chi connectivity index (χ2v) is 9.59. The zero-order valence-electron chi connectivity index (χ0n) is 17.0. The van der Waals surface area contributed by atoms with Crippen LogP contribution < -0.4 is 5.32 Å². The quantitative estimate of drug-likeness (QED) is 0.850. The predicted octanol–water partition coefficient (Wildman–Crippen LogP) is 4.54. The summed E-state index contributed by atoms with van der Waals surface area (Å²) < 4.78 is 0. The van der Waals surface area contributed by atoms with Crippen molar-refractivity contribution in [2.24, 2.45) is 11.3 Å². The lowest BCUT2D eigenvalue weighted by atomic mass is 9.81. The van der Waals surface area contributed by atoms with E-state index in [1.807, 2.05) is 0 Å². The van der Waals surface area contributed by atoms with Crippen molar-refractivity contribution in [3.8, 4) is 0 Å². The molecule has 0 aromatic heterocycles. The first-order chi connectivity index (χ1) is 11.6. The van der Waals surface area contributed by atoms with Gasteiger partial charge in [-0.1, -0.05) is 45.0 Å². The Kier molecular flexibility index (Phi) is 6.31. The first kappa shape index (κ1) is 20.0. The molecule has 3 heteroatoms. The number of hydrogen-bond donors (Lipinski definition) is 1. The summed E-state index contributed by atoms with van der Waals surface area (Å²) in [5.74, 6) is 0.400. The Morgan fingerprint density at radius 2 is 1.72 bits per heavy atom. The van der Waals surface area contributed by atoms with Gasteiger partial charge in [-0.2, -0.15) is 0 Å². The van der Waals surface area contributed by atoms with Gasteiger partial charge < -0.3 is 5.32 Å². The SMILES string of the molecule is Cc1ccccc1CN1CCC(C(=O)NC(C)(C)CC(C)(C)C)CC1. The Morgan fingerprint density at radius 1 is 1.12 bits per heavy atom. The molecule has 1 amide bonds. The zero-order valence-corrected chi connectivity index (χ0v) is 17.0. The molecule has 25 heavy (non-hydrogen) atoms. The largest absolute Gasteiger partial charge is 0.351 e. The fourth-order valence-electron chi connectivity index (χ4n) is 4.19. The van der Waals surface area contributed by atoms with Gasteiger partial charge in [0.15, 0.2) is 0 Å². The summed E-state index contributed by atoms with van der Waals surface area (Å²) in [7, 11) is 0. The molecule has 0 atom stereocenters. The van der Waals surface area contributed by atoms with Crippen LogP contribution in [-0.2, 0) is 11.3 Å². The number of carbonyl (C=O) groups excluding carboxylic acids is 1. The third-order valence-electron chi connectivity index (χ3n) is 5.05. The van der Waals surface area contributed by atoms with Gasteiger partial charge in [0.2, 0.25) is 5.91 Å². The van der Waals surface area contributed by atoms with Gasteiger partial charge in [-0.3, -0.25) is 9.69 Å². The fraction of sp³-hybridized carbons (Fsp3) is 0.682. The lowest BCUT2D eigenvalue weighted by Gasteiger charge is -2.36. The number of nitrogens with zero attached hydrogens (tertiary/aromatic N) is 1. The summed E-state index contributed by atoms with van der Waals surface area (Å²) in [6, 6.07) is 8.59. The Bertz CT molecular complexity index is 578. The predicted molar refractivity (Wildman–Crippen MR) is 105 cm³/mol. The first-order valence-corrected chi connectivity index (χ1v) is 9.65. The minimum Gasteiger partial charge on any atom is -0.351 e. The van der Waals surface area contributed by atoms with Crippen LogP contribution in [0.1, 0.15) is 65.0 Å². The normalized spacial score (nSPS) is 17.5. The number of nitrogens with one attached hydrogen (secondary N) is 1. The van der Waals surface area contributed by atoms with Gasteiger partial charge in [0.05, 0.1) is 0 Å². The van der Waals surface area contributed by atoms with E-state index in [1.165, 1.54) is 11.1 Å². The van der Waals surface area contributed by atoms with Crippen molar-refractivity contribution in [1.29, 1.82) is 0 Å². The van der Waals surface area contributed by atoms with E-state index in [2.05, 4.69) is 76.0 Å². The minimum absolute atomic E-state index is 0.145. The van der Waals surface area contributed by atoms with Gasteiger partial charge >= 0.3 is 0 Å². The molecule has 3 nitrogen and oxygen atoms in total. The molecule has 1 heterocycles. The average Bonchev–Trinajstić information content (AvgIpc) is 2.47. The summed E-state index contributed by atoms with van der Waals surface area (Å²) in [6.45, 7) is 16.1. The van der Waals surface area contributed by atoms with Gasteiger partial charge in [0, 0.05) is 18.0 Å². The number of carbonyl (C=O) groups is 1. The van der Waals surface area contributed by atoms with Crippen LogP contribution in [0.15, 0.2) is 24.3 Å². The van der Waals surface area contributed by atoms with E-state index < -0.39 is 0 Å². The molecule has 1 saturated heterocycles. The molecule has 1 aliphatic rings. The lowest BCUT2D eigenvalue weighted by molar-refractivity contribution is -0.128. The first-order valence-electron chi connectivity index (χ1n) is 9.65. The molecule has 1 aliphatic heterocycles. The summed E-state index contributed by atoms with van der Waals surface area (Å²) in [5.41, 5.74) is 2.82. The number of benzene rings is 1. The van der Waals surface area contributed by atoms with E-state index in [4.69, 9.17) is 0 Å². The van der Waals surface area contributed by atoms with Crippen LogP contribution in [0.2, 0.25) is 0 Å². The van der Waals surface area contributed by atoms with E-state index in [9.17, 15) is 4.79 Å². The van der Waals surface area contributed by atoms with Crippen LogP contribution in [0, 0.1) is 18.3 Å². The van der Waals surface area contributed by atoms with E-state index in [0.29, 0.717) is 0 Å². The van der Waals surface area contributed by atoms with Gasteiger partial charge in [-0.05, 0) is 69.7 Å². The number of piperidine rings is 1. The average molecular weight is 345 g/mol. The van der Waals surface area contributed by atoms with Crippen molar-refractivity contribution in [3.05, 3.63) is 35.4 Å². The van der Waals surface area contributed by atoms with E-state index in [-0.39, 0.29) is 22.8 Å². The number of hydrogen-bond acceptors (Lipinski definition) is 2. The second kappa shape index (κ2) is 7.90. The molecule has 0 spiro atoms. The highest BCUT2D eigenvalue weighted by atomic mass is 16.2. The van der Waals surface area contributed by atoms with Crippen molar-refractivity contribution in [1.82, 2.24) is 10.2 Å². The number of aryl methyl sites for hydroxylation is 1. The maximum absolute atomic E-state index is 12.7.